The Kier molecular flexibility index (Phi) is 4.68. The monoisotopic (exact) mass is 284 g/mol. The van der Waals surface area contributed by atoms with Gasteiger partial charge in [0.05, 0.1) is 17.8 Å². The van der Waals surface area contributed by atoms with Crippen molar-refractivity contribution < 1.29 is 14.7 Å². The molecule has 0 saturated heterocycles. The summed E-state index contributed by atoms with van der Waals surface area (Å²) >= 11 is 0. The highest BCUT2D eigenvalue weighted by Gasteiger charge is 2.13. The van der Waals surface area contributed by atoms with Gasteiger partial charge in [-0.05, 0) is 22.9 Å². The number of carbonyl (C=O) groups excluding carboxylic acids is 1. The second-order valence-corrected chi connectivity index (χ2v) is 4.52. The zero-order valence-electron chi connectivity index (χ0n) is 11.4. The van der Waals surface area contributed by atoms with Gasteiger partial charge in [-0.15, -0.1) is 6.58 Å². The average Bonchev–Trinajstić information content (AvgIpc) is 2.46. The van der Waals surface area contributed by atoms with E-state index in [9.17, 15) is 14.7 Å². The molecular weight excluding hydrogens is 268 g/mol. The fraction of sp³-hybridized carbons (Fsp3) is 0.125. The first-order valence-electron chi connectivity index (χ1n) is 6.49. The van der Waals surface area contributed by atoms with Gasteiger partial charge < -0.3 is 15.7 Å². The number of carboxylic acid groups (broad SMARTS) is 1. The minimum absolute atomic E-state index is 0.0748. The van der Waals surface area contributed by atoms with Crippen molar-refractivity contribution >= 4 is 28.3 Å². The molecular formula is C16H16N2O3. The number of aromatic carboxylic acids is 1. The zero-order chi connectivity index (χ0) is 15.2. The largest absolute Gasteiger partial charge is 0.478 e. The molecule has 108 valence electrons. The number of benzene rings is 2. The van der Waals surface area contributed by atoms with Crippen LogP contribution in [0.3, 0.4) is 0 Å². The molecule has 5 heteroatoms. The van der Waals surface area contributed by atoms with E-state index in [1.165, 1.54) is 0 Å². The molecule has 0 aliphatic carbocycles. The molecule has 0 bridgehead atoms. The molecule has 2 rings (SSSR count). The van der Waals surface area contributed by atoms with Crippen LogP contribution < -0.4 is 10.6 Å². The van der Waals surface area contributed by atoms with Gasteiger partial charge in [-0.3, -0.25) is 4.79 Å². The van der Waals surface area contributed by atoms with Crippen molar-refractivity contribution in [2.24, 2.45) is 0 Å². The van der Waals surface area contributed by atoms with E-state index in [4.69, 9.17) is 0 Å². The first-order chi connectivity index (χ1) is 10.1. The predicted molar refractivity (Wildman–Crippen MR) is 82.6 cm³/mol. The summed E-state index contributed by atoms with van der Waals surface area (Å²) in [5.41, 5.74) is 0.373. The topological polar surface area (TPSA) is 78.4 Å². The Balaban J connectivity index is 2.28. The average molecular weight is 284 g/mol. The Morgan fingerprint density at radius 3 is 2.48 bits per heavy atom. The highest BCUT2D eigenvalue weighted by Crippen LogP contribution is 2.24. The Morgan fingerprint density at radius 1 is 1.19 bits per heavy atom. The van der Waals surface area contributed by atoms with Crippen LogP contribution in [0.2, 0.25) is 0 Å². The Morgan fingerprint density at radius 2 is 1.86 bits per heavy atom. The van der Waals surface area contributed by atoms with Gasteiger partial charge in [0.1, 0.15) is 0 Å². The summed E-state index contributed by atoms with van der Waals surface area (Å²) in [7, 11) is 0. The molecule has 0 aromatic heterocycles. The maximum Gasteiger partial charge on any atom is 0.337 e. The molecule has 0 aliphatic heterocycles. The van der Waals surface area contributed by atoms with Crippen molar-refractivity contribution in [3.8, 4) is 0 Å². The molecule has 0 spiro atoms. The number of carboxylic acids is 1. The molecule has 2 aromatic carbocycles. The summed E-state index contributed by atoms with van der Waals surface area (Å²) in [6, 6.07) is 10.6. The second kappa shape index (κ2) is 6.67. The molecule has 1 amide bonds. The number of fused-ring (bicyclic) bond motifs is 1. The molecule has 5 nitrogen and oxygen atoms in total. The van der Waals surface area contributed by atoms with Crippen LogP contribution in [0, 0.1) is 0 Å². The summed E-state index contributed by atoms with van der Waals surface area (Å²) in [4.78, 5) is 23.1. The van der Waals surface area contributed by atoms with Crippen molar-refractivity contribution in [3.05, 3.63) is 54.6 Å². The van der Waals surface area contributed by atoms with Gasteiger partial charge in [-0.25, -0.2) is 4.79 Å². The standard InChI is InChI=1S/C16H16N2O3/c1-2-7-17-10-15(19)18-14-9-12-6-4-3-5-11(12)8-13(14)16(20)21/h2-6,8-9,17H,1,7,10H2,(H,18,19)(H,20,21). The summed E-state index contributed by atoms with van der Waals surface area (Å²) in [6.45, 7) is 4.15. The fourth-order valence-corrected chi connectivity index (χ4v) is 2.00. The minimum atomic E-state index is -1.07. The lowest BCUT2D eigenvalue weighted by molar-refractivity contribution is -0.115. The van der Waals surface area contributed by atoms with E-state index in [2.05, 4.69) is 17.2 Å². The lowest BCUT2D eigenvalue weighted by Crippen LogP contribution is -2.28. The smallest absolute Gasteiger partial charge is 0.337 e. The number of hydrogen-bond acceptors (Lipinski definition) is 3. The van der Waals surface area contributed by atoms with Crippen molar-refractivity contribution in [2.75, 3.05) is 18.4 Å². The molecule has 0 aliphatic rings. The SMILES string of the molecule is C=CCNCC(=O)Nc1cc2ccccc2cc1C(=O)O. The van der Waals surface area contributed by atoms with Crippen molar-refractivity contribution in [2.45, 2.75) is 0 Å². The summed E-state index contributed by atoms with van der Waals surface area (Å²) < 4.78 is 0. The number of nitrogens with one attached hydrogen (secondary N) is 2. The van der Waals surface area contributed by atoms with Crippen LogP contribution >= 0.6 is 0 Å². The number of amides is 1. The Bertz CT molecular complexity index is 695. The summed E-state index contributed by atoms with van der Waals surface area (Å²) in [5, 5.41) is 16.5. The zero-order valence-corrected chi connectivity index (χ0v) is 11.4. The van der Waals surface area contributed by atoms with E-state index >= 15 is 0 Å². The molecule has 0 radical (unpaired) electrons. The van der Waals surface area contributed by atoms with Crippen molar-refractivity contribution in [1.29, 1.82) is 0 Å². The maximum absolute atomic E-state index is 11.8. The van der Waals surface area contributed by atoms with Gasteiger partial charge >= 0.3 is 5.97 Å². The molecule has 0 fully saturated rings. The van der Waals surface area contributed by atoms with Crippen molar-refractivity contribution in [3.63, 3.8) is 0 Å². The van der Waals surface area contributed by atoms with Crippen LogP contribution in [0.4, 0.5) is 5.69 Å². The van der Waals surface area contributed by atoms with Gasteiger partial charge in [0.25, 0.3) is 0 Å². The molecule has 21 heavy (non-hydrogen) atoms. The normalized spacial score (nSPS) is 10.3. The molecule has 0 heterocycles. The van der Waals surface area contributed by atoms with Gasteiger partial charge in [0.15, 0.2) is 0 Å². The van der Waals surface area contributed by atoms with Crippen LogP contribution in [0.25, 0.3) is 10.8 Å². The highest BCUT2D eigenvalue weighted by atomic mass is 16.4. The van der Waals surface area contributed by atoms with Gasteiger partial charge in [0, 0.05) is 6.54 Å². The first-order valence-corrected chi connectivity index (χ1v) is 6.49. The quantitative estimate of drug-likeness (QED) is 0.561. The predicted octanol–water partition coefficient (Wildman–Crippen LogP) is 2.25. The maximum atomic E-state index is 11.8. The van der Waals surface area contributed by atoms with E-state index in [1.54, 1.807) is 18.2 Å². The molecule has 2 aromatic rings. The highest BCUT2D eigenvalue weighted by molar-refractivity contribution is 6.05. The van der Waals surface area contributed by atoms with Gasteiger partial charge in [-0.1, -0.05) is 30.3 Å². The molecule has 3 N–H and O–H groups in total. The van der Waals surface area contributed by atoms with E-state index in [-0.39, 0.29) is 18.0 Å². The molecule has 0 saturated carbocycles. The number of anilines is 1. The van der Waals surface area contributed by atoms with Crippen LogP contribution in [-0.4, -0.2) is 30.1 Å². The van der Waals surface area contributed by atoms with Crippen LogP contribution in [0.5, 0.6) is 0 Å². The number of rotatable bonds is 6. The first kappa shape index (κ1) is 14.7. The van der Waals surface area contributed by atoms with Crippen LogP contribution in [-0.2, 0) is 4.79 Å². The summed E-state index contributed by atoms with van der Waals surface area (Å²) in [6.07, 6.45) is 1.64. The Hall–Kier alpha value is -2.66. The van der Waals surface area contributed by atoms with Gasteiger partial charge in [0.2, 0.25) is 5.91 Å². The minimum Gasteiger partial charge on any atom is -0.478 e. The van der Waals surface area contributed by atoms with E-state index in [0.29, 0.717) is 12.2 Å². The third-order valence-electron chi connectivity index (χ3n) is 2.96. The van der Waals surface area contributed by atoms with E-state index in [1.807, 2.05) is 24.3 Å². The lowest BCUT2D eigenvalue weighted by atomic mass is 10.0. The van der Waals surface area contributed by atoms with Crippen LogP contribution in [0.15, 0.2) is 49.1 Å². The lowest BCUT2D eigenvalue weighted by Gasteiger charge is -2.10. The third-order valence-corrected chi connectivity index (χ3v) is 2.96. The van der Waals surface area contributed by atoms with E-state index < -0.39 is 5.97 Å². The number of hydrogen-bond donors (Lipinski definition) is 3. The van der Waals surface area contributed by atoms with Gasteiger partial charge in [-0.2, -0.15) is 0 Å². The molecule has 0 unspecified atom stereocenters. The van der Waals surface area contributed by atoms with Crippen molar-refractivity contribution in [1.82, 2.24) is 5.32 Å². The second-order valence-electron chi connectivity index (χ2n) is 4.52. The number of carbonyl (C=O) groups is 2. The fourth-order valence-electron chi connectivity index (χ4n) is 2.00. The van der Waals surface area contributed by atoms with Crippen LogP contribution in [0.1, 0.15) is 10.4 Å². The van der Waals surface area contributed by atoms with E-state index in [0.717, 1.165) is 10.8 Å². The summed E-state index contributed by atoms with van der Waals surface area (Å²) in [5.74, 6) is -1.37. The third kappa shape index (κ3) is 3.67. The Labute approximate surface area is 122 Å². The molecule has 0 atom stereocenters.